The van der Waals surface area contributed by atoms with Crippen LogP contribution >= 0.6 is 0 Å². The molecule has 2 aromatic rings. The van der Waals surface area contributed by atoms with Gasteiger partial charge in [-0.3, -0.25) is 9.80 Å². The van der Waals surface area contributed by atoms with Crippen LogP contribution in [0.2, 0.25) is 0 Å². The molecule has 1 N–H and O–H groups in total. The van der Waals surface area contributed by atoms with E-state index in [-0.39, 0.29) is 18.2 Å². The first-order chi connectivity index (χ1) is 16.1. The molecule has 2 unspecified atom stereocenters. The molecule has 10 nitrogen and oxygen atoms in total. The Morgan fingerprint density at radius 2 is 2.03 bits per heavy atom. The summed E-state index contributed by atoms with van der Waals surface area (Å²) in [5.74, 6) is 0.861. The number of amides is 2. The highest BCUT2D eigenvalue weighted by Crippen LogP contribution is 2.36. The molecule has 0 bridgehead atoms. The number of likely N-dealkylation sites (tertiary alicyclic amines) is 2. The standard InChI is InChI=1S/C23H29N5O5/c29-22(30)28-8-5-16(13-20(28)26-6-1-2-7-26)21-18-4-3-17(14-19(18)24-15-25-21)32-11-9-27-10-12-33-23(27)31/h3-4,14-16,20H,1-2,5-13H2,(H,29,30). The number of ether oxygens (including phenoxy) is 2. The molecule has 3 aliphatic rings. The number of cyclic esters (lactones) is 1. The maximum atomic E-state index is 11.8. The topological polar surface area (TPSA) is 108 Å². The molecule has 3 saturated heterocycles. The number of carboxylic acid groups (broad SMARTS) is 1. The maximum absolute atomic E-state index is 11.8. The Balaban J connectivity index is 1.30. The molecule has 33 heavy (non-hydrogen) atoms. The smallest absolute Gasteiger partial charge is 0.410 e. The molecule has 1 aromatic carbocycles. The van der Waals surface area contributed by atoms with Crippen molar-refractivity contribution in [2.45, 2.75) is 37.8 Å². The zero-order chi connectivity index (χ0) is 22.8. The first-order valence-electron chi connectivity index (χ1n) is 11.6. The van der Waals surface area contributed by atoms with Crippen LogP contribution in [-0.2, 0) is 4.74 Å². The van der Waals surface area contributed by atoms with E-state index < -0.39 is 6.09 Å². The van der Waals surface area contributed by atoms with Crippen molar-refractivity contribution in [2.24, 2.45) is 0 Å². The van der Waals surface area contributed by atoms with Gasteiger partial charge in [0, 0.05) is 37.0 Å². The monoisotopic (exact) mass is 455 g/mol. The lowest BCUT2D eigenvalue weighted by Crippen LogP contribution is -2.53. The van der Waals surface area contributed by atoms with Gasteiger partial charge in [-0.2, -0.15) is 0 Å². The highest BCUT2D eigenvalue weighted by molar-refractivity contribution is 5.82. The first-order valence-corrected chi connectivity index (χ1v) is 11.6. The number of nitrogens with zero attached hydrogens (tertiary/aromatic N) is 5. The fourth-order valence-electron chi connectivity index (χ4n) is 5.18. The van der Waals surface area contributed by atoms with E-state index in [1.165, 1.54) is 0 Å². The number of hydrogen-bond acceptors (Lipinski definition) is 7. The van der Waals surface area contributed by atoms with Crippen LogP contribution in [0.15, 0.2) is 24.5 Å². The van der Waals surface area contributed by atoms with Gasteiger partial charge in [-0.05, 0) is 37.8 Å². The number of piperidine rings is 1. The first kappa shape index (κ1) is 21.7. The van der Waals surface area contributed by atoms with Crippen molar-refractivity contribution in [1.29, 1.82) is 0 Å². The molecule has 1 aromatic heterocycles. The van der Waals surface area contributed by atoms with Crippen molar-refractivity contribution in [2.75, 3.05) is 45.9 Å². The molecule has 0 aliphatic carbocycles. The van der Waals surface area contributed by atoms with Crippen LogP contribution in [0, 0.1) is 0 Å². The van der Waals surface area contributed by atoms with Crippen molar-refractivity contribution in [1.82, 2.24) is 24.7 Å². The molecule has 0 spiro atoms. The third-order valence-electron chi connectivity index (χ3n) is 6.88. The van der Waals surface area contributed by atoms with Crippen LogP contribution in [0.25, 0.3) is 10.9 Å². The van der Waals surface area contributed by atoms with Crippen LogP contribution in [-0.4, -0.2) is 94.1 Å². The Hall–Kier alpha value is -3.14. The number of carbonyl (C=O) groups is 2. The summed E-state index contributed by atoms with van der Waals surface area (Å²) in [5, 5.41) is 10.7. The van der Waals surface area contributed by atoms with E-state index in [4.69, 9.17) is 9.47 Å². The predicted molar refractivity (Wildman–Crippen MR) is 119 cm³/mol. The van der Waals surface area contributed by atoms with Crippen molar-refractivity contribution >= 4 is 23.1 Å². The predicted octanol–water partition coefficient (Wildman–Crippen LogP) is 2.74. The quantitative estimate of drug-likeness (QED) is 0.708. The van der Waals surface area contributed by atoms with E-state index in [1.807, 2.05) is 18.2 Å². The van der Waals surface area contributed by atoms with Gasteiger partial charge in [0.15, 0.2) is 0 Å². The average Bonchev–Trinajstić information content (AvgIpc) is 3.50. The fourth-order valence-corrected chi connectivity index (χ4v) is 5.18. The van der Waals surface area contributed by atoms with Crippen molar-refractivity contribution in [3.63, 3.8) is 0 Å². The molecule has 2 amide bonds. The third kappa shape index (κ3) is 4.52. The Morgan fingerprint density at radius 3 is 2.79 bits per heavy atom. The lowest BCUT2D eigenvalue weighted by Gasteiger charge is -2.42. The Bertz CT molecular complexity index is 1030. The van der Waals surface area contributed by atoms with Crippen LogP contribution < -0.4 is 4.74 Å². The molecule has 176 valence electrons. The lowest BCUT2D eigenvalue weighted by atomic mass is 9.89. The zero-order valence-electron chi connectivity index (χ0n) is 18.6. The minimum Gasteiger partial charge on any atom is -0.492 e. The molecule has 3 aliphatic heterocycles. The SMILES string of the molecule is O=C1OCCN1CCOc1ccc2c(C3CCN(C(=O)O)C(N4CCCC4)C3)ncnc2c1. The largest absolute Gasteiger partial charge is 0.492 e. The summed E-state index contributed by atoms with van der Waals surface area (Å²) >= 11 is 0. The van der Waals surface area contributed by atoms with Crippen LogP contribution in [0.1, 0.15) is 37.3 Å². The number of carbonyl (C=O) groups excluding carboxylic acids is 1. The second-order valence-electron chi connectivity index (χ2n) is 8.81. The van der Waals surface area contributed by atoms with Crippen LogP contribution in [0.3, 0.4) is 0 Å². The van der Waals surface area contributed by atoms with Gasteiger partial charge in [0.05, 0.1) is 30.5 Å². The van der Waals surface area contributed by atoms with Gasteiger partial charge in [0.1, 0.15) is 25.3 Å². The second-order valence-corrected chi connectivity index (χ2v) is 8.81. The summed E-state index contributed by atoms with van der Waals surface area (Å²) in [6.07, 6.45) is 4.05. The average molecular weight is 456 g/mol. The van der Waals surface area contributed by atoms with Gasteiger partial charge in [-0.1, -0.05) is 0 Å². The number of aromatic nitrogens is 2. The summed E-state index contributed by atoms with van der Waals surface area (Å²) < 4.78 is 10.8. The van der Waals surface area contributed by atoms with E-state index in [0.717, 1.165) is 55.4 Å². The molecule has 4 heterocycles. The van der Waals surface area contributed by atoms with Gasteiger partial charge >= 0.3 is 12.2 Å². The van der Waals surface area contributed by atoms with Gasteiger partial charge in [0.25, 0.3) is 0 Å². The summed E-state index contributed by atoms with van der Waals surface area (Å²) in [6, 6.07) is 5.79. The number of rotatable bonds is 6. The van der Waals surface area contributed by atoms with E-state index in [0.29, 0.717) is 38.6 Å². The molecule has 3 fully saturated rings. The van der Waals surface area contributed by atoms with E-state index in [9.17, 15) is 14.7 Å². The summed E-state index contributed by atoms with van der Waals surface area (Å²) in [6.45, 7) is 4.28. The molecule has 10 heteroatoms. The van der Waals surface area contributed by atoms with Gasteiger partial charge < -0.3 is 19.5 Å². The van der Waals surface area contributed by atoms with E-state index in [2.05, 4.69) is 14.9 Å². The van der Waals surface area contributed by atoms with Crippen LogP contribution in [0.4, 0.5) is 9.59 Å². The molecule has 0 radical (unpaired) electrons. The summed E-state index contributed by atoms with van der Waals surface area (Å²) in [7, 11) is 0. The minimum absolute atomic E-state index is 0.103. The Labute approximate surface area is 192 Å². The summed E-state index contributed by atoms with van der Waals surface area (Å²) in [5.41, 5.74) is 1.78. The van der Waals surface area contributed by atoms with Crippen LogP contribution in [0.5, 0.6) is 5.75 Å². The molecular formula is C23H29N5O5. The molecule has 2 atom stereocenters. The number of hydrogen-bond donors (Lipinski definition) is 1. The van der Waals surface area contributed by atoms with Crippen molar-refractivity contribution < 1.29 is 24.2 Å². The Kier molecular flexibility index (Phi) is 6.17. The highest BCUT2D eigenvalue weighted by atomic mass is 16.6. The third-order valence-corrected chi connectivity index (χ3v) is 6.88. The maximum Gasteiger partial charge on any atom is 0.410 e. The molecular weight excluding hydrogens is 426 g/mol. The zero-order valence-corrected chi connectivity index (χ0v) is 18.6. The number of fused-ring (bicyclic) bond motifs is 1. The molecule has 5 rings (SSSR count). The fraction of sp³-hybridized carbons (Fsp3) is 0.565. The van der Waals surface area contributed by atoms with E-state index in [1.54, 1.807) is 16.1 Å². The molecule has 0 saturated carbocycles. The highest BCUT2D eigenvalue weighted by Gasteiger charge is 2.37. The lowest BCUT2D eigenvalue weighted by molar-refractivity contribution is 0.0255. The number of benzene rings is 1. The van der Waals surface area contributed by atoms with E-state index >= 15 is 0 Å². The van der Waals surface area contributed by atoms with Gasteiger partial charge in [0.2, 0.25) is 0 Å². The van der Waals surface area contributed by atoms with Gasteiger partial charge in [-0.25, -0.2) is 19.6 Å². The minimum atomic E-state index is -0.845. The normalized spacial score (nSPS) is 23.8. The van der Waals surface area contributed by atoms with Crippen molar-refractivity contribution in [3.8, 4) is 5.75 Å². The second kappa shape index (κ2) is 9.38. The summed E-state index contributed by atoms with van der Waals surface area (Å²) in [4.78, 5) is 37.9. The van der Waals surface area contributed by atoms with Crippen molar-refractivity contribution in [3.05, 3.63) is 30.2 Å². The Morgan fingerprint density at radius 1 is 1.18 bits per heavy atom. The van der Waals surface area contributed by atoms with Gasteiger partial charge in [-0.15, -0.1) is 0 Å².